The van der Waals surface area contributed by atoms with E-state index >= 15 is 0 Å². The summed E-state index contributed by atoms with van der Waals surface area (Å²) in [4.78, 5) is 31.6. The van der Waals surface area contributed by atoms with Crippen LogP contribution in [-0.4, -0.2) is 47.8 Å². The number of rotatable bonds is 8. The number of carbonyl (C=O) groups is 1. The van der Waals surface area contributed by atoms with E-state index in [0.29, 0.717) is 29.4 Å². The van der Waals surface area contributed by atoms with Crippen LogP contribution in [0.25, 0.3) is 22.5 Å². The molecule has 1 saturated carbocycles. The maximum Gasteiger partial charge on any atom is 0.322 e. The second-order valence-corrected chi connectivity index (χ2v) is 10.6. The SMILES string of the molecule is Cn1cc(-c2ccc(N(C(=O)NCc3ccccc3)[C@H]3CC[C@H](Nc4ncc(C#N)c(-c5cnc[nH]5)n4)CC3)cc2)cn1. The Morgan fingerprint density at radius 2 is 1.84 bits per heavy atom. The molecule has 1 aliphatic rings. The zero-order chi connectivity index (χ0) is 29.6. The van der Waals surface area contributed by atoms with Gasteiger partial charge in [-0.1, -0.05) is 42.5 Å². The van der Waals surface area contributed by atoms with Crippen molar-refractivity contribution in [3.63, 3.8) is 0 Å². The lowest BCUT2D eigenvalue weighted by molar-refractivity contribution is 0.240. The monoisotopic (exact) mass is 572 g/mol. The highest BCUT2D eigenvalue weighted by atomic mass is 16.2. The molecule has 0 aliphatic heterocycles. The molecule has 0 saturated heterocycles. The smallest absolute Gasteiger partial charge is 0.322 e. The summed E-state index contributed by atoms with van der Waals surface area (Å²) in [5.74, 6) is 0.468. The lowest BCUT2D eigenvalue weighted by Crippen LogP contribution is -2.48. The summed E-state index contributed by atoms with van der Waals surface area (Å²) in [6, 6.07) is 20.2. The number of urea groups is 1. The Morgan fingerprint density at radius 1 is 1.05 bits per heavy atom. The minimum Gasteiger partial charge on any atom is -0.351 e. The molecule has 0 unspecified atom stereocenters. The number of anilines is 2. The zero-order valence-electron chi connectivity index (χ0n) is 23.8. The maximum absolute atomic E-state index is 13.7. The number of aromatic amines is 1. The van der Waals surface area contributed by atoms with E-state index in [9.17, 15) is 10.1 Å². The average Bonchev–Trinajstić information content (AvgIpc) is 3.74. The number of imidazole rings is 1. The highest BCUT2D eigenvalue weighted by Crippen LogP contribution is 2.31. The van der Waals surface area contributed by atoms with Crippen molar-refractivity contribution in [2.24, 2.45) is 7.05 Å². The predicted molar refractivity (Wildman–Crippen MR) is 164 cm³/mol. The van der Waals surface area contributed by atoms with Crippen molar-refractivity contribution in [3.8, 4) is 28.6 Å². The lowest BCUT2D eigenvalue weighted by Gasteiger charge is -2.37. The van der Waals surface area contributed by atoms with E-state index in [2.05, 4.69) is 41.7 Å². The van der Waals surface area contributed by atoms with Gasteiger partial charge in [-0.05, 0) is 48.9 Å². The van der Waals surface area contributed by atoms with Gasteiger partial charge >= 0.3 is 6.03 Å². The average molecular weight is 573 g/mol. The first-order valence-corrected chi connectivity index (χ1v) is 14.3. The fourth-order valence-electron chi connectivity index (χ4n) is 5.52. The molecule has 3 aromatic heterocycles. The van der Waals surface area contributed by atoms with Gasteiger partial charge in [0.15, 0.2) is 0 Å². The Balaban J connectivity index is 1.16. The third-order valence-corrected chi connectivity index (χ3v) is 7.75. The minimum atomic E-state index is -0.117. The molecule has 11 nitrogen and oxygen atoms in total. The number of amides is 2. The van der Waals surface area contributed by atoms with Crippen LogP contribution in [0.2, 0.25) is 0 Å². The van der Waals surface area contributed by atoms with Crippen LogP contribution in [0.5, 0.6) is 0 Å². The fraction of sp³-hybridized carbons (Fsp3) is 0.250. The Bertz CT molecular complexity index is 1700. The lowest BCUT2D eigenvalue weighted by atomic mass is 9.90. The Labute approximate surface area is 249 Å². The molecule has 2 aromatic carbocycles. The summed E-state index contributed by atoms with van der Waals surface area (Å²) in [6.07, 6.45) is 11.8. The molecule has 3 N–H and O–H groups in total. The second-order valence-electron chi connectivity index (χ2n) is 10.6. The number of hydrogen-bond acceptors (Lipinski definition) is 7. The van der Waals surface area contributed by atoms with Crippen LogP contribution in [0.4, 0.5) is 16.4 Å². The molecule has 6 rings (SSSR count). The molecular formula is C32H32N10O. The van der Waals surface area contributed by atoms with Crippen molar-refractivity contribution >= 4 is 17.7 Å². The van der Waals surface area contributed by atoms with Crippen LogP contribution in [-0.2, 0) is 13.6 Å². The molecule has 3 heterocycles. The van der Waals surface area contributed by atoms with Gasteiger partial charge in [0.2, 0.25) is 5.95 Å². The Kier molecular flexibility index (Phi) is 8.08. The molecule has 0 atom stereocenters. The summed E-state index contributed by atoms with van der Waals surface area (Å²) < 4.78 is 1.78. The zero-order valence-corrected chi connectivity index (χ0v) is 23.8. The van der Waals surface area contributed by atoms with Gasteiger partial charge in [0.25, 0.3) is 0 Å². The molecule has 1 fully saturated rings. The molecule has 5 aromatic rings. The summed E-state index contributed by atoms with van der Waals surface area (Å²) in [7, 11) is 1.90. The molecule has 216 valence electrons. The Morgan fingerprint density at radius 3 is 2.51 bits per heavy atom. The first-order chi connectivity index (χ1) is 21.1. The minimum absolute atomic E-state index is 0.0282. The van der Waals surface area contributed by atoms with Gasteiger partial charge in [-0.25, -0.2) is 19.7 Å². The van der Waals surface area contributed by atoms with Crippen LogP contribution in [0.15, 0.2) is 85.7 Å². The van der Waals surface area contributed by atoms with Crippen molar-refractivity contribution in [2.45, 2.75) is 44.3 Å². The quantitative estimate of drug-likeness (QED) is 0.230. The van der Waals surface area contributed by atoms with Gasteiger partial charge in [-0.2, -0.15) is 10.4 Å². The molecular weight excluding hydrogens is 540 g/mol. The maximum atomic E-state index is 13.7. The number of nitrogens with one attached hydrogen (secondary N) is 3. The van der Waals surface area contributed by atoms with Crippen LogP contribution in [0.1, 0.15) is 36.8 Å². The Hall–Kier alpha value is -5.50. The van der Waals surface area contributed by atoms with Crippen molar-refractivity contribution in [1.29, 1.82) is 5.26 Å². The molecule has 1 aliphatic carbocycles. The van der Waals surface area contributed by atoms with E-state index < -0.39 is 0 Å². The predicted octanol–water partition coefficient (Wildman–Crippen LogP) is 5.28. The number of benzene rings is 2. The first kappa shape index (κ1) is 27.7. The van der Waals surface area contributed by atoms with Crippen molar-refractivity contribution in [3.05, 3.63) is 96.8 Å². The van der Waals surface area contributed by atoms with Gasteiger partial charge in [0.1, 0.15) is 11.8 Å². The van der Waals surface area contributed by atoms with Crippen molar-refractivity contribution in [1.82, 2.24) is 35.0 Å². The van der Waals surface area contributed by atoms with E-state index in [-0.39, 0.29) is 18.1 Å². The fourth-order valence-corrected chi connectivity index (χ4v) is 5.52. The van der Waals surface area contributed by atoms with Crippen LogP contribution in [0.3, 0.4) is 0 Å². The van der Waals surface area contributed by atoms with E-state index in [4.69, 9.17) is 0 Å². The molecule has 0 bridgehead atoms. The number of H-pyrrole nitrogens is 1. The number of aromatic nitrogens is 6. The summed E-state index contributed by atoms with van der Waals surface area (Å²) >= 11 is 0. The summed E-state index contributed by atoms with van der Waals surface area (Å²) in [5, 5.41) is 20.4. The summed E-state index contributed by atoms with van der Waals surface area (Å²) in [6.45, 7) is 0.454. The highest BCUT2D eigenvalue weighted by Gasteiger charge is 2.30. The number of hydrogen-bond donors (Lipinski definition) is 3. The third kappa shape index (κ3) is 6.38. The van der Waals surface area contributed by atoms with Gasteiger partial charge in [-0.3, -0.25) is 9.58 Å². The van der Waals surface area contributed by atoms with Crippen LogP contribution < -0.4 is 15.5 Å². The van der Waals surface area contributed by atoms with E-state index in [1.807, 2.05) is 78.9 Å². The molecule has 0 radical (unpaired) electrons. The van der Waals surface area contributed by atoms with Gasteiger partial charge in [-0.15, -0.1) is 0 Å². The van der Waals surface area contributed by atoms with Gasteiger partial charge in [0.05, 0.1) is 36.2 Å². The number of nitrogens with zero attached hydrogens (tertiary/aromatic N) is 7. The highest BCUT2D eigenvalue weighted by molar-refractivity contribution is 5.93. The van der Waals surface area contributed by atoms with Gasteiger partial charge < -0.3 is 15.6 Å². The van der Waals surface area contributed by atoms with Gasteiger partial charge in [0, 0.05) is 43.1 Å². The number of carbonyl (C=O) groups excluding carboxylic acids is 1. The van der Waals surface area contributed by atoms with Crippen LogP contribution in [0, 0.1) is 11.3 Å². The third-order valence-electron chi connectivity index (χ3n) is 7.75. The normalized spacial score (nSPS) is 16.3. The van der Waals surface area contributed by atoms with Crippen molar-refractivity contribution in [2.75, 3.05) is 10.2 Å². The molecule has 43 heavy (non-hydrogen) atoms. The second kappa shape index (κ2) is 12.6. The van der Waals surface area contributed by atoms with E-state index in [0.717, 1.165) is 48.1 Å². The van der Waals surface area contributed by atoms with E-state index in [1.54, 1.807) is 17.2 Å². The summed E-state index contributed by atoms with van der Waals surface area (Å²) in [5.41, 5.74) is 5.54. The first-order valence-electron chi connectivity index (χ1n) is 14.3. The number of aryl methyl sites for hydroxylation is 1. The van der Waals surface area contributed by atoms with Crippen molar-refractivity contribution < 1.29 is 4.79 Å². The molecule has 11 heteroatoms. The molecule has 0 spiro atoms. The standard InChI is InChI=1S/C32H32N10O/c1-41-20-25(18-38-41)23-7-11-27(12-8-23)42(32(43)36-16-22-5-3-2-4-6-22)28-13-9-26(10-14-28)39-31-35-17-24(15-33)30(40-31)29-19-34-21-37-29/h2-8,11-12,17-21,26,28H,9-10,13-14,16H2,1H3,(H,34,37)(H,36,43)(H,35,39,40)/t26-,28-. The number of nitriles is 1. The topological polar surface area (TPSA) is 140 Å². The molecule has 2 amide bonds. The van der Waals surface area contributed by atoms with Crippen LogP contribution >= 0.6 is 0 Å². The largest absolute Gasteiger partial charge is 0.351 e. The van der Waals surface area contributed by atoms with E-state index in [1.165, 1.54) is 6.20 Å².